The Hall–Kier alpha value is -2.84. The molecule has 1 saturated heterocycles. The Morgan fingerprint density at radius 2 is 1.30 bits per heavy atom. The molecule has 2 heterocycles. The van der Waals surface area contributed by atoms with Gasteiger partial charge < -0.3 is 19.4 Å². The molecule has 0 unspecified atom stereocenters. The molecule has 0 bridgehead atoms. The highest BCUT2D eigenvalue weighted by molar-refractivity contribution is 6.23. The first-order valence-electron chi connectivity index (χ1n) is 12.0. The molecule has 3 fully saturated rings. The van der Waals surface area contributed by atoms with Crippen LogP contribution in [0.4, 0.5) is 11.6 Å². The Morgan fingerprint density at radius 1 is 0.788 bits per heavy atom. The second-order valence-corrected chi connectivity index (χ2v) is 9.17. The lowest BCUT2D eigenvalue weighted by Crippen LogP contribution is -2.34. The van der Waals surface area contributed by atoms with Crippen molar-refractivity contribution in [1.82, 2.24) is 4.57 Å². The van der Waals surface area contributed by atoms with Crippen LogP contribution in [0, 0.1) is 0 Å². The van der Waals surface area contributed by atoms with E-state index in [9.17, 15) is 19.2 Å². The standard InChI is InChI=1S/C24H33N3O6/c1-32-23(30)19-20(24(31)33-2)22(27-17(28)13-14-18(27)29)26(16-11-7-4-8-12-16)21(19)25-15-9-5-3-6-10-15/h15-16,25H,3-14H2,1-2H3. The number of aromatic nitrogens is 1. The van der Waals surface area contributed by atoms with Crippen LogP contribution in [0.1, 0.15) is 104 Å². The van der Waals surface area contributed by atoms with Gasteiger partial charge in [-0.3, -0.25) is 9.59 Å². The third-order valence-corrected chi connectivity index (χ3v) is 7.11. The molecule has 2 amide bonds. The first-order chi connectivity index (χ1) is 16.0. The van der Waals surface area contributed by atoms with E-state index in [1.54, 1.807) is 0 Å². The first-order valence-corrected chi connectivity index (χ1v) is 12.0. The van der Waals surface area contributed by atoms with Crippen molar-refractivity contribution in [2.45, 2.75) is 89.1 Å². The van der Waals surface area contributed by atoms with Crippen molar-refractivity contribution in [2.75, 3.05) is 24.4 Å². The van der Waals surface area contributed by atoms with Crippen molar-refractivity contribution in [3.05, 3.63) is 11.1 Å². The highest BCUT2D eigenvalue weighted by Crippen LogP contribution is 2.44. The van der Waals surface area contributed by atoms with E-state index in [4.69, 9.17) is 9.47 Å². The predicted molar refractivity (Wildman–Crippen MR) is 121 cm³/mol. The van der Waals surface area contributed by atoms with Crippen LogP contribution in [0.3, 0.4) is 0 Å². The number of anilines is 2. The summed E-state index contributed by atoms with van der Waals surface area (Å²) in [5, 5.41) is 3.53. The van der Waals surface area contributed by atoms with Crippen molar-refractivity contribution in [3.8, 4) is 0 Å². The molecule has 1 N–H and O–H groups in total. The van der Waals surface area contributed by atoms with Crippen molar-refractivity contribution in [1.29, 1.82) is 0 Å². The summed E-state index contributed by atoms with van der Waals surface area (Å²) in [7, 11) is 2.49. The smallest absolute Gasteiger partial charge is 0.342 e. The maximum absolute atomic E-state index is 13.1. The van der Waals surface area contributed by atoms with Gasteiger partial charge in [-0.25, -0.2) is 14.5 Å². The normalized spacial score (nSPS) is 20.2. The Kier molecular flexibility index (Phi) is 7.05. The van der Waals surface area contributed by atoms with E-state index in [0.717, 1.165) is 62.7 Å². The Labute approximate surface area is 193 Å². The second-order valence-electron chi connectivity index (χ2n) is 9.17. The van der Waals surface area contributed by atoms with Gasteiger partial charge in [0.25, 0.3) is 0 Å². The second kappa shape index (κ2) is 9.97. The fourth-order valence-electron chi connectivity index (χ4n) is 5.48. The number of carbonyl (C=O) groups excluding carboxylic acids is 4. The van der Waals surface area contributed by atoms with Crippen molar-refractivity contribution >= 4 is 35.4 Å². The summed E-state index contributed by atoms with van der Waals surface area (Å²) in [5.41, 5.74) is -0.0279. The van der Waals surface area contributed by atoms with E-state index >= 15 is 0 Å². The number of methoxy groups -OCH3 is 2. The van der Waals surface area contributed by atoms with Crippen LogP contribution in [-0.2, 0) is 19.1 Å². The van der Waals surface area contributed by atoms with Crippen molar-refractivity contribution in [3.63, 3.8) is 0 Å². The zero-order valence-corrected chi connectivity index (χ0v) is 19.5. The van der Waals surface area contributed by atoms with Gasteiger partial charge in [0.1, 0.15) is 22.8 Å². The van der Waals surface area contributed by atoms with Crippen LogP contribution in [0.25, 0.3) is 0 Å². The molecule has 2 saturated carbocycles. The highest BCUT2D eigenvalue weighted by Gasteiger charge is 2.43. The van der Waals surface area contributed by atoms with Crippen LogP contribution in [-0.4, -0.2) is 48.6 Å². The molecule has 0 spiro atoms. The molecule has 1 aromatic rings. The van der Waals surface area contributed by atoms with Gasteiger partial charge in [0.2, 0.25) is 11.8 Å². The van der Waals surface area contributed by atoms with Gasteiger partial charge in [-0.1, -0.05) is 38.5 Å². The molecule has 1 aromatic heterocycles. The third kappa shape index (κ3) is 4.37. The van der Waals surface area contributed by atoms with Gasteiger partial charge in [-0.05, 0) is 25.7 Å². The number of rotatable bonds is 6. The van der Waals surface area contributed by atoms with Gasteiger partial charge in [0.05, 0.1) is 14.2 Å². The minimum Gasteiger partial charge on any atom is -0.465 e. The molecule has 4 rings (SSSR count). The van der Waals surface area contributed by atoms with Crippen LogP contribution in [0.5, 0.6) is 0 Å². The van der Waals surface area contributed by atoms with E-state index < -0.39 is 11.9 Å². The summed E-state index contributed by atoms with van der Waals surface area (Å²) >= 11 is 0. The Morgan fingerprint density at radius 3 is 1.85 bits per heavy atom. The lowest BCUT2D eigenvalue weighted by atomic mass is 9.94. The number of nitrogens with zero attached hydrogens (tertiary/aromatic N) is 2. The summed E-state index contributed by atoms with van der Waals surface area (Å²) < 4.78 is 12.0. The fraction of sp³-hybridized carbons (Fsp3) is 0.667. The summed E-state index contributed by atoms with van der Waals surface area (Å²) in [5.74, 6) is -1.59. The molecule has 180 valence electrons. The van der Waals surface area contributed by atoms with Crippen LogP contribution >= 0.6 is 0 Å². The molecule has 9 heteroatoms. The van der Waals surface area contributed by atoms with Crippen molar-refractivity contribution < 1.29 is 28.7 Å². The zero-order chi connectivity index (χ0) is 23.5. The van der Waals surface area contributed by atoms with Gasteiger partial charge in [-0.15, -0.1) is 0 Å². The lowest BCUT2D eigenvalue weighted by Gasteiger charge is -2.32. The van der Waals surface area contributed by atoms with Crippen molar-refractivity contribution in [2.24, 2.45) is 0 Å². The SMILES string of the molecule is COC(=O)c1c(C(=O)OC)c(N2C(=O)CCC2=O)n(C2CCCCC2)c1NC1CCCCC1. The first kappa shape index (κ1) is 23.3. The predicted octanol–water partition coefficient (Wildman–Crippen LogP) is 3.96. The number of hydrogen-bond donors (Lipinski definition) is 1. The van der Waals surface area contributed by atoms with Gasteiger partial charge in [0.15, 0.2) is 0 Å². The fourth-order valence-corrected chi connectivity index (χ4v) is 5.48. The van der Waals surface area contributed by atoms with Crippen LogP contribution in [0.2, 0.25) is 0 Å². The molecular weight excluding hydrogens is 426 g/mol. The summed E-state index contributed by atoms with van der Waals surface area (Å²) in [4.78, 5) is 52.9. The van der Waals surface area contributed by atoms with E-state index in [-0.39, 0.29) is 53.7 Å². The Bertz CT molecular complexity index is 924. The van der Waals surface area contributed by atoms with E-state index in [1.807, 2.05) is 4.57 Å². The van der Waals surface area contributed by atoms with E-state index in [1.165, 1.54) is 20.6 Å². The number of imide groups is 1. The maximum atomic E-state index is 13.1. The van der Waals surface area contributed by atoms with Crippen LogP contribution in [0.15, 0.2) is 0 Å². The number of nitrogens with one attached hydrogen (secondary N) is 1. The molecule has 33 heavy (non-hydrogen) atoms. The number of amides is 2. The number of carbonyl (C=O) groups is 4. The lowest BCUT2D eigenvalue weighted by molar-refractivity contribution is -0.121. The summed E-state index contributed by atoms with van der Waals surface area (Å²) in [6.07, 6.45) is 10.1. The van der Waals surface area contributed by atoms with E-state index in [0.29, 0.717) is 5.82 Å². The quantitative estimate of drug-likeness (QED) is 0.507. The molecule has 0 atom stereocenters. The monoisotopic (exact) mass is 459 g/mol. The number of hydrogen-bond acceptors (Lipinski definition) is 7. The van der Waals surface area contributed by atoms with Crippen LogP contribution < -0.4 is 10.2 Å². The largest absolute Gasteiger partial charge is 0.465 e. The summed E-state index contributed by atoms with van der Waals surface area (Å²) in [6.45, 7) is 0. The average Bonchev–Trinajstić information content (AvgIpc) is 3.35. The molecular formula is C24H33N3O6. The summed E-state index contributed by atoms with van der Waals surface area (Å²) in [6, 6.07) is 0.0746. The zero-order valence-electron chi connectivity index (χ0n) is 19.5. The minimum atomic E-state index is -0.765. The maximum Gasteiger partial charge on any atom is 0.342 e. The number of ether oxygens (including phenoxy) is 2. The molecule has 2 aliphatic carbocycles. The molecule has 9 nitrogen and oxygen atoms in total. The van der Waals surface area contributed by atoms with E-state index in [2.05, 4.69) is 5.32 Å². The van der Waals surface area contributed by atoms with Gasteiger partial charge in [0, 0.05) is 24.9 Å². The number of esters is 2. The topological polar surface area (TPSA) is 107 Å². The molecule has 0 radical (unpaired) electrons. The highest BCUT2D eigenvalue weighted by atomic mass is 16.5. The molecule has 1 aliphatic heterocycles. The molecule has 0 aromatic carbocycles. The molecule has 3 aliphatic rings. The Balaban J connectivity index is 1.98. The average molecular weight is 460 g/mol. The van der Waals surface area contributed by atoms with Gasteiger partial charge in [-0.2, -0.15) is 0 Å². The minimum absolute atomic E-state index is 0.0444. The third-order valence-electron chi connectivity index (χ3n) is 7.11. The van der Waals surface area contributed by atoms with Gasteiger partial charge >= 0.3 is 11.9 Å².